The smallest absolute Gasteiger partial charge is 0.193 e. The van der Waals surface area contributed by atoms with Crippen molar-refractivity contribution in [2.24, 2.45) is 16.6 Å². The first-order valence-electron chi connectivity index (χ1n) is 8.70. The van der Waals surface area contributed by atoms with Crippen molar-refractivity contribution in [3.05, 3.63) is 30.1 Å². The monoisotopic (exact) mass is 376 g/mol. The Kier molecular flexibility index (Phi) is 7.77. The van der Waals surface area contributed by atoms with Crippen LogP contribution in [0.3, 0.4) is 0 Å². The lowest BCUT2D eigenvalue weighted by molar-refractivity contribution is 0.415. The molecule has 3 N–H and O–H groups in total. The van der Waals surface area contributed by atoms with Gasteiger partial charge in [0.05, 0.1) is 7.11 Å². The molecule has 26 heavy (non-hydrogen) atoms. The Bertz CT molecular complexity index is 728. The summed E-state index contributed by atoms with van der Waals surface area (Å²) in [6.45, 7) is 5.96. The van der Waals surface area contributed by atoms with Gasteiger partial charge in [0.2, 0.25) is 0 Å². The maximum atomic E-state index is 5.96. The number of rotatable bonds is 9. The maximum Gasteiger partial charge on any atom is 0.193 e. The van der Waals surface area contributed by atoms with Crippen LogP contribution in [-0.4, -0.2) is 40.6 Å². The Morgan fingerprint density at radius 3 is 2.88 bits per heavy atom. The molecule has 0 radical (unpaired) electrons. The highest BCUT2D eigenvalue weighted by atomic mass is 32.2. The highest BCUT2D eigenvalue weighted by Gasteiger charge is 2.12. The van der Waals surface area contributed by atoms with Crippen LogP contribution in [0.25, 0.3) is 0 Å². The van der Waals surface area contributed by atoms with Gasteiger partial charge in [-0.05, 0) is 30.7 Å². The number of methoxy groups -OCH3 is 1. The molecule has 0 spiro atoms. The van der Waals surface area contributed by atoms with Crippen LogP contribution >= 0.6 is 11.8 Å². The fourth-order valence-electron chi connectivity index (χ4n) is 2.53. The first kappa shape index (κ1) is 20.1. The van der Waals surface area contributed by atoms with E-state index in [1.165, 1.54) is 0 Å². The first-order chi connectivity index (χ1) is 12.5. The molecular weight excluding hydrogens is 348 g/mol. The number of hydrogen-bond acceptors (Lipinski definition) is 5. The van der Waals surface area contributed by atoms with Crippen molar-refractivity contribution < 1.29 is 4.74 Å². The number of benzene rings is 1. The van der Waals surface area contributed by atoms with Crippen molar-refractivity contribution in [2.45, 2.75) is 38.4 Å². The van der Waals surface area contributed by atoms with Gasteiger partial charge in [0.15, 0.2) is 11.1 Å². The number of thioether (sulfide) groups is 1. The Balaban J connectivity index is 1.87. The third-order valence-corrected chi connectivity index (χ3v) is 4.37. The van der Waals surface area contributed by atoms with E-state index >= 15 is 0 Å². The number of nitrogens with one attached hydrogen (secondary N) is 1. The SMILES string of the molecule is COc1cccc(NC(N)=NCCCc2nnc(SC)n2CC(C)C)c1. The summed E-state index contributed by atoms with van der Waals surface area (Å²) in [5.74, 6) is 2.73. The molecule has 0 atom stereocenters. The van der Waals surface area contributed by atoms with Gasteiger partial charge in [0.1, 0.15) is 11.6 Å². The summed E-state index contributed by atoms with van der Waals surface area (Å²) in [4.78, 5) is 4.39. The standard InChI is InChI=1S/C18H28N6OS/c1-13(2)12-24-16(22-23-18(24)26-4)9-6-10-20-17(19)21-14-7-5-8-15(11-14)25-3/h5,7-8,11,13H,6,9-10,12H2,1-4H3,(H3,19,20,21). The summed E-state index contributed by atoms with van der Waals surface area (Å²) >= 11 is 1.63. The quantitative estimate of drug-likeness (QED) is 0.303. The third-order valence-electron chi connectivity index (χ3n) is 3.71. The predicted octanol–water partition coefficient (Wildman–Crippen LogP) is 3.02. The van der Waals surface area contributed by atoms with Crippen molar-refractivity contribution in [2.75, 3.05) is 25.2 Å². The number of anilines is 1. The van der Waals surface area contributed by atoms with E-state index in [2.05, 4.69) is 38.9 Å². The van der Waals surface area contributed by atoms with Gasteiger partial charge >= 0.3 is 0 Å². The van der Waals surface area contributed by atoms with E-state index in [1.807, 2.05) is 30.5 Å². The van der Waals surface area contributed by atoms with E-state index in [9.17, 15) is 0 Å². The largest absolute Gasteiger partial charge is 0.497 e. The van der Waals surface area contributed by atoms with Crippen LogP contribution in [0.2, 0.25) is 0 Å². The lowest BCUT2D eigenvalue weighted by atomic mass is 10.2. The van der Waals surface area contributed by atoms with Gasteiger partial charge in [-0.1, -0.05) is 31.7 Å². The minimum absolute atomic E-state index is 0.395. The molecule has 0 aliphatic rings. The van der Waals surface area contributed by atoms with Crippen LogP contribution in [0, 0.1) is 5.92 Å². The number of hydrogen-bond donors (Lipinski definition) is 2. The van der Waals surface area contributed by atoms with Crippen LogP contribution in [0.5, 0.6) is 5.75 Å². The minimum Gasteiger partial charge on any atom is -0.497 e. The van der Waals surface area contributed by atoms with Crippen LogP contribution < -0.4 is 15.8 Å². The van der Waals surface area contributed by atoms with Gasteiger partial charge in [-0.15, -0.1) is 10.2 Å². The fraction of sp³-hybridized carbons (Fsp3) is 0.500. The molecule has 0 unspecified atom stereocenters. The number of guanidine groups is 1. The number of aromatic nitrogens is 3. The van der Waals surface area contributed by atoms with Gasteiger partial charge in [-0.2, -0.15) is 0 Å². The second kappa shape index (κ2) is 10.1. The summed E-state index contributed by atoms with van der Waals surface area (Å²) in [6.07, 6.45) is 3.72. The molecule has 7 nitrogen and oxygen atoms in total. The topological polar surface area (TPSA) is 90.3 Å². The molecule has 0 bridgehead atoms. The van der Waals surface area contributed by atoms with E-state index < -0.39 is 0 Å². The van der Waals surface area contributed by atoms with Gasteiger partial charge in [0.25, 0.3) is 0 Å². The molecule has 8 heteroatoms. The molecule has 0 saturated carbocycles. The van der Waals surface area contributed by atoms with Crippen LogP contribution in [0.4, 0.5) is 5.69 Å². The average Bonchev–Trinajstić information content (AvgIpc) is 3.00. The number of nitrogens with two attached hydrogens (primary N) is 1. The summed E-state index contributed by atoms with van der Waals surface area (Å²) in [5, 5.41) is 12.6. The van der Waals surface area contributed by atoms with Gasteiger partial charge in [-0.3, -0.25) is 4.99 Å². The number of aryl methyl sites for hydroxylation is 1. The Hall–Kier alpha value is -2.22. The summed E-state index contributed by atoms with van der Waals surface area (Å²) in [7, 11) is 1.64. The molecule has 1 aromatic heterocycles. The van der Waals surface area contributed by atoms with E-state index in [0.29, 0.717) is 18.4 Å². The van der Waals surface area contributed by atoms with Crippen molar-refractivity contribution in [1.82, 2.24) is 14.8 Å². The van der Waals surface area contributed by atoms with E-state index in [4.69, 9.17) is 10.5 Å². The Morgan fingerprint density at radius 1 is 1.38 bits per heavy atom. The zero-order chi connectivity index (χ0) is 18.9. The average molecular weight is 377 g/mol. The highest BCUT2D eigenvalue weighted by Crippen LogP contribution is 2.17. The van der Waals surface area contributed by atoms with Crippen LogP contribution in [0.1, 0.15) is 26.1 Å². The van der Waals surface area contributed by atoms with E-state index in [1.54, 1.807) is 18.9 Å². The number of ether oxygens (including phenoxy) is 1. The summed E-state index contributed by atoms with van der Waals surface area (Å²) < 4.78 is 7.40. The third kappa shape index (κ3) is 5.94. The summed E-state index contributed by atoms with van der Waals surface area (Å²) in [6, 6.07) is 7.58. The van der Waals surface area contributed by atoms with Gasteiger partial charge in [0, 0.05) is 31.3 Å². The molecule has 1 heterocycles. The van der Waals surface area contributed by atoms with Crippen molar-refractivity contribution in [1.29, 1.82) is 0 Å². The molecule has 142 valence electrons. The molecule has 2 rings (SSSR count). The predicted molar refractivity (Wildman–Crippen MR) is 108 cm³/mol. The minimum atomic E-state index is 0.395. The Morgan fingerprint density at radius 2 is 2.19 bits per heavy atom. The van der Waals surface area contributed by atoms with E-state index in [0.717, 1.165) is 41.8 Å². The fourth-order valence-corrected chi connectivity index (χ4v) is 3.05. The van der Waals surface area contributed by atoms with Crippen molar-refractivity contribution >= 4 is 23.4 Å². The molecule has 0 saturated heterocycles. The van der Waals surface area contributed by atoms with Gasteiger partial charge < -0.3 is 20.4 Å². The van der Waals surface area contributed by atoms with Crippen LogP contribution in [-0.2, 0) is 13.0 Å². The molecule has 2 aromatic rings. The second-order valence-corrected chi connectivity index (χ2v) is 7.11. The first-order valence-corrected chi connectivity index (χ1v) is 9.93. The normalized spacial score (nSPS) is 11.8. The number of nitrogens with zero attached hydrogens (tertiary/aromatic N) is 4. The molecular formula is C18H28N6OS. The number of aliphatic imine (C=N–C) groups is 1. The van der Waals surface area contributed by atoms with Gasteiger partial charge in [-0.25, -0.2) is 0 Å². The van der Waals surface area contributed by atoms with Crippen LogP contribution in [0.15, 0.2) is 34.4 Å². The molecule has 1 aromatic carbocycles. The van der Waals surface area contributed by atoms with E-state index in [-0.39, 0.29) is 0 Å². The molecule has 0 aliphatic heterocycles. The molecule has 0 aliphatic carbocycles. The van der Waals surface area contributed by atoms with Crippen molar-refractivity contribution in [3.63, 3.8) is 0 Å². The maximum absolute atomic E-state index is 5.96. The Labute approximate surface area is 159 Å². The lowest BCUT2D eigenvalue weighted by Crippen LogP contribution is -2.23. The molecule has 0 fully saturated rings. The zero-order valence-electron chi connectivity index (χ0n) is 15.9. The molecule has 0 amide bonds. The second-order valence-electron chi connectivity index (χ2n) is 6.33. The highest BCUT2D eigenvalue weighted by molar-refractivity contribution is 7.98. The summed E-state index contributed by atoms with van der Waals surface area (Å²) in [5.41, 5.74) is 6.81. The lowest BCUT2D eigenvalue weighted by Gasteiger charge is -2.11. The zero-order valence-corrected chi connectivity index (χ0v) is 16.7. The van der Waals surface area contributed by atoms with Crippen molar-refractivity contribution in [3.8, 4) is 5.75 Å².